The number of ether oxygens (including phenoxy) is 6. The first kappa shape index (κ1) is 38.2. The van der Waals surface area contributed by atoms with Crippen molar-refractivity contribution < 1.29 is 28.4 Å². The molecule has 6 aromatic carbocycles. The van der Waals surface area contributed by atoms with Gasteiger partial charge in [0.15, 0.2) is 0 Å². The van der Waals surface area contributed by atoms with E-state index in [1.165, 1.54) is 0 Å². The van der Waals surface area contributed by atoms with Gasteiger partial charge in [0.25, 0.3) is 0 Å². The second-order valence-corrected chi connectivity index (χ2v) is 13.8. The molecule has 1 fully saturated rings. The van der Waals surface area contributed by atoms with E-state index in [0.717, 1.165) is 38.9 Å². The van der Waals surface area contributed by atoms with Crippen LogP contribution in [0.5, 0.6) is 5.75 Å². The van der Waals surface area contributed by atoms with Gasteiger partial charge in [0.2, 0.25) is 6.29 Å². The second-order valence-electron chi connectivity index (χ2n) is 13.8. The summed E-state index contributed by atoms with van der Waals surface area (Å²) in [6.45, 7) is 2.21. The predicted octanol–water partition coefficient (Wildman–Crippen LogP) is 8.81. The average molecular weight is 736 g/mol. The van der Waals surface area contributed by atoms with E-state index < -0.39 is 30.7 Å². The van der Waals surface area contributed by atoms with Gasteiger partial charge in [-0.25, -0.2) is 0 Å². The molecule has 7 heteroatoms. The molecule has 0 bridgehead atoms. The van der Waals surface area contributed by atoms with Gasteiger partial charge in [0, 0.05) is 13.0 Å². The smallest absolute Gasteiger partial charge is 0.229 e. The average Bonchev–Trinajstić information content (AvgIpc) is 3.24. The highest BCUT2D eigenvalue weighted by Crippen LogP contribution is 2.34. The van der Waals surface area contributed by atoms with Crippen LogP contribution in [0.1, 0.15) is 38.9 Å². The van der Waals surface area contributed by atoms with E-state index in [1.807, 2.05) is 103 Å². The van der Waals surface area contributed by atoms with Crippen LogP contribution in [0.2, 0.25) is 0 Å². The summed E-state index contributed by atoms with van der Waals surface area (Å²) in [6, 6.07) is 57.0. The van der Waals surface area contributed by atoms with Crippen molar-refractivity contribution in [1.82, 2.24) is 0 Å². The second kappa shape index (κ2) is 20.0. The quantitative estimate of drug-likeness (QED) is 0.0945. The van der Waals surface area contributed by atoms with E-state index in [4.69, 9.17) is 34.2 Å². The van der Waals surface area contributed by atoms with Gasteiger partial charge in [-0.05, 0) is 45.0 Å². The molecule has 7 rings (SSSR count). The molecule has 1 saturated heterocycles. The molecular weight excluding hydrogens is 687 g/mol. The molecule has 0 amide bonds. The Hall–Kier alpha value is -5.12. The fourth-order valence-electron chi connectivity index (χ4n) is 6.75. The van der Waals surface area contributed by atoms with Crippen LogP contribution >= 0.6 is 0 Å². The Kier molecular flexibility index (Phi) is 13.9. The lowest BCUT2D eigenvalue weighted by atomic mass is 9.97. The highest BCUT2D eigenvalue weighted by Gasteiger charge is 2.50. The lowest BCUT2D eigenvalue weighted by molar-refractivity contribution is -0.310. The number of para-hydroxylation sites is 1. The third-order valence-corrected chi connectivity index (χ3v) is 9.71. The van der Waals surface area contributed by atoms with Crippen molar-refractivity contribution >= 4 is 0 Å². The summed E-state index contributed by atoms with van der Waals surface area (Å²) >= 11 is 0. The number of rotatable bonds is 18. The van der Waals surface area contributed by atoms with Gasteiger partial charge in [-0.15, -0.1) is 0 Å². The normalized spacial score (nSPS) is 19.5. The summed E-state index contributed by atoms with van der Waals surface area (Å²) in [5, 5.41) is 0. The molecule has 7 nitrogen and oxygen atoms in total. The zero-order valence-electron chi connectivity index (χ0n) is 31.0. The fraction of sp³-hybridized carbons (Fsp3) is 0.250. The highest BCUT2D eigenvalue weighted by molar-refractivity contribution is 5.38. The van der Waals surface area contributed by atoms with Crippen LogP contribution in [0.25, 0.3) is 0 Å². The van der Waals surface area contributed by atoms with Gasteiger partial charge < -0.3 is 34.2 Å². The van der Waals surface area contributed by atoms with Crippen molar-refractivity contribution in [2.24, 2.45) is 5.73 Å². The Balaban J connectivity index is 1.22. The zero-order valence-corrected chi connectivity index (χ0v) is 31.0. The minimum absolute atomic E-state index is 0.250. The van der Waals surface area contributed by atoms with Crippen molar-refractivity contribution in [3.05, 3.63) is 209 Å². The Morgan fingerprint density at radius 1 is 0.436 bits per heavy atom. The van der Waals surface area contributed by atoms with Crippen LogP contribution in [-0.2, 0) is 63.1 Å². The third-order valence-electron chi connectivity index (χ3n) is 9.71. The molecule has 6 aromatic rings. The van der Waals surface area contributed by atoms with Gasteiger partial charge in [-0.1, -0.05) is 164 Å². The SMILES string of the molecule is NCc1ccc(Cc2ccccc2O[C@@H]2O[C@H](COCc3ccccc3)[C@@H](OCc3ccccc3)[C@H](OCc3ccccc3)[C@H]2OCc2ccccc2)cc1. The van der Waals surface area contributed by atoms with E-state index in [2.05, 4.69) is 66.7 Å². The van der Waals surface area contributed by atoms with E-state index >= 15 is 0 Å². The number of nitrogens with two attached hydrogens (primary N) is 1. The van der Waals surface area contributed by atoms with Crippen LogP contribution in [0.4, 0.5) is 0 Å². The van der Waals surface area contributed by atoms with Gasteiger partial charge in [-0.3, -0.25) is 0 Å². The van der Waals surface area contributed by atoms with Gasteiger partial charge in [0.05, 0.1) is 33.0 Å². The first-order valence-corrected chi connectivity index (χ1v) is 19.0. The molecule has 1 aliphatic heterocycles. The summed E-state index contributed by atoms with van der Waals surface area (Å²) in [5.74, 6) is 0.707. The molecular formula is C48H49NO6. The fourth-order valence-corrected chi connectivity index (χ4v) is 6.75. The third kappa shape index (κ3) is 11.0. The minimum Gasteiger partial charge on any atom is -0.462 e. The molecule has 0 aromatic heterocycles. The maximum atomic E-state index is 6.96. The lowest BCUT2D eigenvalue weighted by Gasteiger charge is -2.46. The summed E-state index contributed by atoms with van der Waals surface area (Å²) in [4.78, 5) is 0. The minimum atomic E-state index is -0.854. The number of benzene rings is 6. The molecule has 1 heterocycles. The van der Waals surface area contributed by atoms with Crippen molar-refractivity contribution in [3.8, 4) is 5.75 Å². The Labute approximate surface area is 324 Å². The monoisotopic (exact) mass is 735 g/mol. The van der Waals surface area contributed by atoms with E-state index in [1.54, 1.807) is 0 Å². The molecule has 2 N–H and O–H groups in total. The largest absolute Gasteiger partial charge is 0.462 e. The van der Waals surface area contributed by atoms with Crippen LogP contribution in [0, 0.1) is 0 Å². The first-order valence-electron chi connectivity index (χ1n) is 19.0. The molecule has 282 valence electrons. The summed E-state index contributed by atoms with van der Waals surface area (Å²) in [6.07, 6.45) is -2.56. The van der Waals surface area contributed by atoms with Crippen molar-refractivity contribution in [3.63, 3.8) is 0 Å². The maximum Gasteiger partial charge on any atom is 0.229 e. The Morgan fingerprint density at radius 2 is 0.891 bits per heavy atom. The molecule has 0 spiro atoms. The van der Waals surface area contributed by atoms with Crippen molar-refractivity contribution in [2.75, 3.05) is 6.61 Å². The molecule has 5 atom stereocenters. The summed E-state index contributed by atoms with van der Waals surface area (Å²) in [7, 11) is 0. The molecule has 0 radical (unpaired) electrons. The van der Waals surface area contributed by atoms with E-state index in [9.17, 15) is 0 Å². The van der Waals surface area contributed by atoms with E-state index in [-0.39, 0.29) is 6.61 Å². The van der Waals surface area contributed by atoms with Crippen LogP contribution in [-0.4, -0.2) is 37.3 Å². The predicted molar refractivity (Wildman–Crippen MR) is 214 cm³/mol. The highest BCUT2D eigenvalue weighted by atomic mass is 16.7. The first-order chi connectivity index (χ1) is 27.2. The summed E-state index contributed by atoms with van der Waals surface area (Å²) < 4.78 is 40.8. The van der Waals surface area contributed by atoms with E-state index in [0.29, 0.717) is 45.1 Å². The number of hydrogen-bond acceptors (Lipinski definition) is 7. The molecule has 0 saturated carbocycles. The number of hydrogen-bond donors (Lipinski definition) is 1. The van der Waals surface area contributed by atoms with Gasteiger partial charge in [-0.2, -0.15) is 0 Å². The topological polar surface area (TPSA) is 81.4 Å². The van der Waals surface area contributed by atoms with Crippen LogP contribution in [0.15, 0.2) is 170 Å². The molecule has 1 aliphatic rings. The zero-order chi connectivity index (χ0) is 37.5. The van der Waals surface area contributed by atoms with Crippen LogP contribution in [0.3, 0.4) is 0 Å². The standard InChI is InChI=1S/C48H49NO6/c49-30-37-27-25-36(26-28-37)29-42-23-13-14-24-43(42)54-48-47(53-34-41-21-11-4-12-22-41)46(52-33-40-19-9-3-10-20-40)45(51-32-39-17-7-2-8-18-39)44(55-48)35-50-31-38-15-5-1-6-16-38/h1-28,44-48H,29-35,49H2/t44-,45-,46+,47-,48-/m1/s1. The summed E-state index contributed by atoms with van der Waals surface area (Å²) in [5.41, 5.74) is 13.3. The molecule has 55 heavy (non-hydrogen) atoms. The van der Waals surface area contributed by atoms with Crippen molar-refractivity contribution in [1.29, 1.82) is 0 Å². The van der Waals surface area contributed by atoms with Gasteiger partial charge in [0.1, 0.15) is 30.2 Å². The maximum absolute atomic E-state index is 6.96. The Bertz CT molecular complexity index is 1980. The Morgan fingerprint density at radius 3 is 1.44 bits per heavy atom. The van der Waals surface area contributed by atoms with Crippen LogP contribution < -0.4 is 10.5 Å². The lowest BCUT2D eigenvalue weighted by Crippen LogP contribution is -2.62. The van der Waals surface area contributed by atoms with Crippen molar-refractivity contribution in [2.45, 2.75) is 70.1 Å². The molecule has 0 unspecified atom stereocenters. The van der Waals surface area contributed by atoms with Gasteiger partial charge >= 0.3 is 0 Å². The molecule has 0 aliphatic carbocycles.